The highest BCUT2D eigenvalue weighted by Crippen LogP contribution is 2.35. The van der Waals surface area contributed by atoms with E-state index in [1.165, 1.54) is 0 Å². The number of likely N-dealkylation sites (N-methyl/N-ethyl adjacent to an activating group) is 1. The van der Waals surface area contributed by atoms with Gasteiger partial charge in [-0.05, 0) is 25.1 Å². The molecule has 22 heavy (non-hydrogen) atoms. The molecule has 1 aliphatic heterocycles. The van der Waals surface area contributed by atoms with Crippen molar-refractivity contribution < 1.29 is 23.4 Å². The summed E-state index contributed by atoms with van der Waals surface area (Å²) in [6.07, 6.45) is 3.23. The van der Waals surface area contributed by atoms with Crippen molar-refractivity contribution in [3.63, 3.8) is 0 Å². The first kappa shape index (κ1) is 14.3. The van der Waals surface area contributed by atoms with Crippen LogP contribution in [0.25, 0.3) is 0 Å². The van der Waals surface area contributed by atoms with Gasteiger partial charge in [-0.3, -0.25) is 4.79 Å². The van der Waals surface area contributed by atoms with Crippen molar-refractivity contribution in [3.8, 4) is 17.2 Å². The smallest absolute Gasteiger partial charge is 0.260 e. The van der Waals surface area contributed by atoms with E-state index in [9.17, 15) is 4.79 Å². The molecule has 1 aromatic carbocycles. The van der Waals surface area contributed by atoms with E-state index in [1.807, 2.05) is 13.0 Å². The summed E-state index contributed by atoms with van der Waals surface area (Å²) >= 11 is 0. The van der Waals surface area contributed by atoms with Crippen molar-refractivity contribution >= 4 is 5.91 Å². The number of benzene rings is 1. The molecular formula is C16H17NO5. The Morgan fingerprint density at radius 1 is 1.27 bits per heavy atom. The summed E-state index contributed by atoms with van der Waals surface area (Å²) in [4.78, 5) is 13.9. The molecule has 0 spiro atoms. The van der Waals surface area contributed by atoms with Gasteiger partial charge in [-0.1, -0.05) is 0 Å². The second kappa shape index (κ2) is 6.43. The van der Waals surface area contributed by atoms with Crippen molar-refractivity contribution in [3.05, 3.63) is 42.4 Å². The Morgan fingerprint density at radius 3 is 2.91 bits per heavy atom. The fraction of sp³-hybridized carbons (Fsp3) is 0.312. The molecule has 3 rings (SSSR count). The van der Waals surface area contributed by atoms with Gasteiger partial charge in [0, 0.05) is 24.7 Å². The first-order chi connectivity index (χ1) is 10.8. The summed E-state index contributed by atoms with van der Waals surface area (Å²) in [5.41, 5.74) is 0.957. The minimum atomic E-state index is -0.0821. The van der Waals surface area contributed by atoms with Gasteiger partial charge in [0.05, 0.1) is 12.5 Å². The second-order valence-electron chi connectivity index (χ2n) is 4.84. The molecule has 6 nitrogen and oxygen atoms in total. The van der Waals surface area contributed by atoms with Crippen LogP contribution in [0.15, 0.2) is 41.2 Å². The van der Waals surface area contributed by atoms with Gasteiger partial charge >= 0.3 is 0 Å². The third kappa shape index (κ3) is 3.16. The monoisotopic (exact) mass is 303 g/mol. The molecule has 0 N–H and O–H groups in total. The SMILES string of the molecule is CCN(Cc1ccoc1)C(=O)COc1ccc2c(c1)OCO2. The topological polar surface area (TPSA) is 61.1 Å². The molecule has 116 valence electrons. The molecule has 0 aliphatic carbocycles. The number of ether oxygens (including phenoxy) is 3. The Labute approximate surface area is 128 Å². The van der Waals surface area contributed by atoms with Crippen molar-refractivity contribution in [1.82, 2.24) is 4.90 Å². The Kier molecular flexibility index (Phi) is 4.18. The van der Waals surface area contributed by atoms with Gasteiger partial charge in [0.25, 0.3) is 5.91 Å². The highest BCUT2D eigenvalue weighted by molar-refractivity contribution is 5.77. The van der Waals surface area contributed by atoms with Crippen LogP contribution in [0.2, 0.25) is 0 Å². The summed E-state index contributed by atoms with van der Waals surface area (Å²) in [7, 11) is 0. The van der Waals surface area contributed by atoms with E-state index in [2.05, 4.69) is 0 Å². The summed E-state index contributed by atoms with van der Waals surface area (Å²) in [5, 5.41) is 0. The molecule has 1 amide bonds. The summed E-state index contributed by atoms with van der Waals surface area (Å²) in [5.74, 6) is 1.82. The summed E-state index contributed by atoms with van der Waals surface area (Å²) in [6.45, 7) is 3.24. The van der Waals surface area contributed by atoms with Crippen LogP contribution in [0.4, 0.5) is 0 Å². The molecule has 2 heterocycles. The summed E-state index contributed by atoms with van der Waals surface area (Å²) < 4.78 is 21.1. The Bertz CT molecular complexity index is 638. The van der Waals surface area contributed by atoms with Gasteiger partial charge in [0.15, 0.2) is 18.1 Å². The number of amides is 1. The van der Waals surface area contributed by atoms with Gasteiger partial charge in [0.2, 0.25) is 6.79 Å². The molecule has 2 aromatic rings. The van der Waals surface area contributed by atoms with E-state index < -0.39 is 0 Å². The van der Waals surface area contributed by atoms with E-state index >= 15 is 0 Å². The zero-order valence-corrected chi connectivity index (χ0v) is 12.3. The van der Waals surface area contributed by atoms with E-state index in [0.29, 0.717) is 30.3 Å². The minimum absolute atomic E-state index is 0.0225. The molecule has 0 unspecified atom stereocenters. The molecule has 0 saturated heterocycles. The third-order valence-electron chi connectivity index (χ3n) is 3.39. The molecule has 0 atom stereocenters. The first-order valence-electron chi connectivity index (χ1n) is 7.07. The van der Waals surface area contributed by atoms with Gasteiger partial charge in [-0.25, -0.2) is 0 Å². The van der Waals surface area contributed by atoms with E-state index in [1.54, 1.807) is 35.6 Å². The number of carbonyl (C=O) groups excluding carboxylic acids is 1. The largest absolute Gasteiger partial charge is 0.484 e. The highest BCUT2D eigenvalue weighted by Gasteiger charge is 2.16. The molecule has 0 fully saturated rings. The minimum Gasteiger partial charge on any atom is -0.484 e. The number of hydrogen-bond donors (Lipinski definition) is 0. The van der Waals surface area contributed by atoms with Gasteiger partial charge < -0.3 is 23.5 Å². The summed E-state index contributed by atoms with van der Waals surface area (Å²) in [6, 6.07) is 7.09. The van der Waals surface area contributed by atoms with Crippen LogP contribution in [-0.4, -0.2) is 30.8 Å². The van der Waals surface area contributed by atoms with Crippen molar-refractivity contribution in [2.24, 2.45) is 0 Å². The molecular weight excluding hydrogens is 286 g/mol. The lowest BCUT2D eigenvalue weighted by Crippen LogP contribution is -2.34. The lowest BCUT2D eigenvalue weighted by Gasteiger charge is -2.20. The third-order valence-corrected chi connectivity index (χ3v) is 3.39. The molecule has 0 radical (unpaired) electrons. The maximum absolute atomic E-state index is 12.2. The van der Waals surface area contributed by atoms with Crippen molar-refractivity contribution in [1.29, 1.82) is 0 Å². The molecule has 0 saturated carbocycles. The van der Waals surface area contributed by atoms with Crippen LogP contribution in [-0.2, 0) is 11.3 Å². The Morgan fingerprint density at radius 2 is 2.14 bits per heavy atom. The first-order valence-corrected chi connectivity index (χ1v) is 7.07. The molecule has 0 bridgehead atoms. The molecule has 6 heteroatoms. The van der Waals surface area contributed by atoms with Crippen LogP contribution in [0.1, 0.15) is 12.5 Å². The quantitative estimate of drug-likeness (QED) is 0.820. The normalized spacial score (nSPS) is 12.2. The van der Waals surface area contributed by atoms with Crippen LogP contribution in [0.5, 0.6) is 17.2 Å². The number of carbonyl (C=O) groups is 1. The van der Waals surface area contributed by atoms with Crippen molar-refractivity contribution in [2.45, 2.75) is 13.5 Å². The number of nitrogens with zero attached hydrogens (tertiary/aromatic N) is 1. The van der Waals surface area contributed by atoms with Crippen LogP contribution >= 0.6 is 0 Å². The maximum atomic E-state index is 12.2. The van der Waals surface area contributed by atoms with Gasteiger partial charge in [-0.2, -0.15) is 0 Å². The molecule has 1 aromatic heterocycles. The Balaban J connectivity index is 1.56. The number of hydrogen-bond acceptors (Lipinski definition) is 5. The maximum Gasteiger partial charge on any atom is 0.260 e. The lowest BCUT2D eigenvalue weighted by molar-refractivity contribution is -0.133. The predicted molar refractivity (Wildman–Crippen MR) is 77.9 cm³/mol. The van der Waals surface area contributed by atoms with E-state index in [-0.39, 0.29) is 19.3 Å². The second-order valence-corrected chi connectivity index (χ2v) is 4.84. The van der Waals surface area contributed by atoms with Crippen LogP contribution in [0.3, 0.4) is 0 Å². The van der Waals surface area contributed by atoms with Crippen LogP contribution in [0, 0.1) is 0 Å². The number of rotatable bonds is 6. The fourth-order valence-corrected chi connectivity index (χ4v) is 2.18. The van der Waals surface area contributed by atoms with Crippen molar-refractivity contribution in [2.75, 3.05) is 19.9 Å². The number of furan rings is 1. The zero-order valence-electron chi connectivity index (χ0n) is 12.3. The molecule has 1 aliphatic rings. The average molecular weight is 303 g/mol. The average Bonchev–Trinajstić information content (AvgIpc) is 3.20. The lowest BCUT2D eigenvalue weighted by atomic mass is 10.3. The van der Waals surface area contributed by atoms with E-state index in [0.717, 1.165) is 5.56 Å². The predicted octanol–water partition coefficient (Wildman–Crippen LogP) is 2.44. The zero-order chi connectivity index (χ0) is 15.4. The Hall–Kier alpha value is -2.63. The standard InChI is InChI=1S/C16H17NO5/c1-2-17(8-12-5-6-19-9-12)16(18)10-20-13-3-4-14-15(7-13)22-11-21-14/h3-7,9H,2,8,10-11H2,1H3. The highest BCUT2D eigenvalue weighted by atomic mass is 16.7. The van der Waals surface area contributed by atoms with E-state index in [4.69, 9.17) is 18.6 Å². The fourth-order valence-electron chi connectivity index (χ4n) is 2.18. The number of fused-ring (bicyclic) bond motifs is 1. The van der Waals surface area contributed by atoms with Crippen LogP contribution < -0.4 is 14.2 Å². The van der Waals surface area contributed by atoms with Gasteiger partial charge in [-0.15, -0.1) is 0 Å². The van der Waals surface area contributed by atoms with Gasteiger partial charge in [0.1, 0.15) is 5.75 Å².